The van der Waals surface area contributed by atoms with Gasteiger partial charge in [0.05, 0.1) is 0 Å². The van der Waals surface area contributed by atoms with Gasteiger partial charge in [0.1, 0.15) is 5.75 Å². The highest BCUT2D eigenvalue weighted by molar-refractivity contribution is 5.96. The van der Waals surface area contributed by atoms with Crippen LogP contribution in [0.25, 0.3) is 0 Å². The zero-order chi connectivity index (χ0) is 12.1. The molecule has 0 spiro atoms. The van der Waals surface area contributed by atoms with Crippen molar-refractivity contribution in [1.29, 1.82) is 0 Å². The number of phenols is 1. The van der Waals surface area contributed by atoms with Crippen molar-refractivity contribution in [3.8, 4) is 5.75 Å². The van der Waals surface area contributed by atoms with Gasteiger partial charge in [-0.25, -0.2) is 0 Å². The highest BCUT2D eigenvalue weighted by Crippen LogP contribution is 2.19. The Morgan fingerprint density at radius 3 is 2.88 bits per heavy atom. The second-order valence-electron chi connectivity index (χ2n) is 3.83. The standard InChI is InChI=1S/C12H18N2O2/c1-3-9(13)7-14-12(16)10-5-4-6-11(15)8(10)2/h4-6,9,15H,3,7,13H2,1-2H3,(H,14,16). The monoisotopic (exact) mass is 222 g/mol. The Bertz CT molecular complexity index is 377. The van der Waals surface area contributed by atoms with E-state index in [0.29, 0.717) is 17.7 Å². The van der Waals surface area contributed by atoms with Gasteiger partial charge in [0.25, 0.3) is 5.91 Å². The number of benzene rings is 1. The first-order chi connectivity index (χ1) is 7.56. The van der Waals surface area contributed by atoms with Crippen molar-refractivity contribution in [2.24, 2.45) is 5.73 Å². The molecule has 1 amide bonds. The molecule has 4 nitrogen and oxygen atoms in total. The van der Waals surface area contributed by atoms with E-state index in [1.54, 1.807) is 25.1 Å². The van der Waals surface area contributed by atoms with Gasteiger partial charge in [-0.3, -0.25) is 4.79 Å². The molecule has 1 atom stereocenters. The molecule has 0 aliphatic carbocycles. The van der Waals surface area contributed by atoms with Crippen LogP contribution in [-0.4, -0.2) is 23.6 Å². The van der Waals surface area contributed by atoms with E-state index in [1.165, 1.54) is 0 Å². The first kappa shape index (κ1) is 12.5. The molecule has 0 saturated heterocycles. The van der Waals surface area contributed by atoms with E-state index in [1.807, 2.05) is 6.92 Å². The van der Waals surface area contributed by atoms with Crippen molar-refractivity contribution < 1.29 is 9.90 Å². The molecule has 1 aromatic rings. The van der Waals surface area contributed by atoms with E-state index >= 15 is 0 Å². The lowest BCUT2D eigenvalue weighted by Crippen LogP contribution is -2.36. The Kier molecular flexibility index (Phi) is 4.31. The molecule has 0 radical (unpaired) electrons. The van der Waals surface area contributed by atoms with Crippen LogP contribution >= 0.6 is 0 Å². The number of aromatic hydroxyl groups is 1. The van der Waals surface area contributed by atoms with Gasteiger partial charge in [-0.15, -0.1) is 0 Å². The lowest BCUT2D eigenvalue weighted by atomic mass is 10.1. The van der Waals surface area contributed by atoms with E-state index < -0.39 is 0 Å². The third kappa shape index (κ3) is 2.97. The van der Waals surface area contributed by atoms with Crippen LogP contribution in [0.3, 0.4) is 0 Å². The largest absolute Gasteiger partial charge is 0.508 e. The fourth-order valence-corrected chi connectivity index (χ4v) is 1.33. The van der Waals surface area contributed by atoms with Gasteiger partial charge in [0.2, 0.25) is 0 Å². The van der Waals surface area contributed by atoms with E-state index in [9.17, 15) is 9.90 Å². The molecule has 0 fully saturated rings. The predicted molar refractivity (Wildman–Crippen MR) is 63.4 cm³/mol. The first-order valence-corrected chi connectivity index (χ1v) is 5.38. The Hall–Kier alpha value is -1.55. The predicted octanol–water partition coefficient (Wildman–Crippen LogP) is 1.17. The van der Waals surface area contributed by atoms with Gasteiger partial charge >= 0.3 is 0 Å². The molecule has 0 aliphatic heterocycles. The maximum absolute atomic E-state index is 11.8. The SMILES string of the molecule is CCC(N)CNC(=O)c1cccc(O)c1C. The minimum absolute atomic E-state index is 0.0263. The summed E-state index contributed by atoms with van der Waals surface area (Å²) in [4.78, 5) is 11.8. The fraction of sp³-hybridized carbons (Fsp3) is 0.417. The summed E-state index contributed by atoms with van der Waals surface area (Å²) in [6, 6.07) is 4.87. The molecule has 0 aromatic heterocycles. The number of amides is 1. The molecule has 0 bridgehead atoms. The summed E-state index contributed by atoms with van der Waals surface area (Å²) in [7, 11) is 0. The van der Waals surface area contributed by atoms with Gasteiger partial charge in [-0.2, -0.15) is 0 Å². The van der Waals surface area contributed by atoms with E-state index in [0.717, 1.165) is 6.42 Å². The second-order valence-corrected chi connectivity index (χ2v) is 3.83. The van der Waals surface area contributed by atoms with Crippen LogP contribution in [0.4, 0.5) is 0 Å². The summed E-state index contributed by atoms with van der Waals surface area (Å²) >= 11 is 0. The van der Waals surface area contributed by atoms with Gasteiger partial charge in [-0.1, -0.05) is 13.0 Å². The highest BCUT2D eigenvalue weighted by Gasteiger charge is 2.11. The van der Waals surface area contributed by atoms with Crippen LogP contribution in [0.15, 0.2) is 18.2 Å². The van der Waals surface area contributed by atoms with Gasteiger partial charge in [0, 0.05) is 23.7 Å². The van der Waals surface area contributed by atoms with Crippen molar-refractivity contribution in [2.45, 2.75) is 26.3 Å². The lowest BCUT2D eigenvalue weighted by Gasteiger charge is -2.12. The summed E-state index contributed by atoms with van der Waals surface area (Å²) in [6.45, 7) is 4.13. The number of nitrogens with two attached hydrogens (primary N) is 1. The molecule has 4 N–H and O–H groups in total. The normalized spacial score (nSPS) is 12.2. The van der Waals surface area contributed by atoms with Gasteiger partial charge < -0.3 is 16.2 Å². The minimum Gasteiger partial charge on any atom is -0.508 e. The van der Waals surface area contributed by atoms with Crippen molar-refractivity contribution >= 4 is 5.91 Å². The molecule has 1 rings (SSSR count). The first-order valence-electron chi connectivity index (χ1n) is 5.38. The zero-order valence-electron chi connectivity index (χ0n) is 9.66. The molecule has 0 aliphatic rings. The minimum atomic E-state index is -0.197. The summed E-state index contributed by atoms with van der Waals surface area (Å²) in [5.41, 5.74) is 6.78. The number of nitrogens with one attached hydrogen (secondary N) is 1. The quantitative estimate of drug-likeness (QED) is 0.715. The molecule has 0 saturated carbocycles. The molecular weight excluding hydrogens is 204 g/mol. The number of carbonyl (C=O) groups is 1. The van der Waals surface area contributed by atoms with Gasteiger partial charge in [-0.05, 0) is 25.5 Å². The number of carbonyl (C=O) groups excluding carboxylic acids is 1. The smallest absolute Gasteiger partial charge is 0.251 e. The molecule has 16 heavy (non-hydrogen) atoms. The Morgan fingerprint density at radius 2 is 2.25 bits per heavy atom. The van der Waals surface area contributed by atoms with Crippen LogP contribution in [0.2, 0.25) is 0 Å². The molecule has 1 aromatic carbocycles. The molecule has 1 unspecified atom stereocenters. The highest BCUT2D eigenvalue weighted by atomic mass is 16.3. The number of rotatable bonds is 4. The average Bonchev–Trinajstić information content (AvgIpc) is 2.29. The summed E-state index contributed by atoms with van der Waals surface area (Å²) in [5.74, 6) is -0.0651. The molecule has 4 heteroatoms. The van der Waals surface area contributed by atoms with Crippen LogP contribution in [-0.2, 0) is 0 Å². The van der Waals surface area contributed by atoms with Crippen molar-refractivity contribution in [1.82, 2.24) is 5.32 Å². The van der Waals surface area contributed by atoms with Crippen LogP contribution in [0.5, 0.6) is 5.75 Å². The van der Waals surface area contributed by atoms with Crippen LogP contribution < -0.4 is 11.1 Å². The maximum atomic E-state index is 11.8. The van der Waals surface area contributed by atoms with Gasteiger partial charge in [0.15, 0.2) is 0 Å². The number of phenolic OH excluding ortho intramolecular Hbond substituents is 1. The topological polar surface area (TPSA) is 75.3 Å². The third-order valence-electron chi connectivity index (χ3n) is 2.60. The average molecular weight is 222 g/mol. The molecular formula is C12H18N2O2. The summed E-state index contributed by atoms with van der Waals surface area (Å²) < 4.78 is 0. The van der Waals surface area contributed by atoms with E-state index in [4.69, 9.17) is 5.73 Å². The van der Waals surface area contributed by atoms with Crippen LogP contribution in [0, 0.1) is 6.92 Å². The van der Waals surface area contributed by atoms with Crippen LogP contribution in [0.1, 0.15) is 29.3 Å². The van der Waals surface area contributed by atoms with Crippen molar-refractivity contribution in [3.63, 3.8) is 0 Å². The Morgan fingerprint density at radius 1 is 1.56 bits per heavy atom. The fourth-order valence-electron chi connectivity index (χ4n) is 1.33. The number of hydrogen-bond acceptors (Lipinski definition) is 3. The summed E-state index contributed by atoms with van der Waals surface area (Å²) in [6.07, 6.45) is 0.819. The molecule has 0 heterocycles. The van der Waals surface area contributed by atoms with Crippen molar-refractivity contribution in [2.75, 3.05) is 6.54 Å². The second kappa shape index (κ2) is 5.51. The third-order valence-corrected chi connectivity index (χ3v) is 2.60. The lowest BCUT2D eigenvalue weighted by molar-refractivity contribution is 0.0950. The molecule has 88 valence electrons. The maximum Gasteiger partial charge on any atom is 0.251 e. The van der Waals surface area contributed by atoms with E-state index in [-0.39, 0.29) is 17.7 Å². The van der Waals surface area contributed by atoms with Crippen molar-refractivity contribution in [3.05, 3.63) is 29.3 Å². The Labute approximate surface area is 95.5 Å². The zero-order valence-corrected chi connectivity index (χ0v) is 9.66. The Balaban J connectivity index is 2.70. The summed E-state index contributed by atoms with van der Waals surface area (Å²) in [5, 5.41) is 12.2. The number of hydrogen-bond donors (Lipinski definition) is 3. The van der Waals surface area contributed by atoms with E-state index in [2.05, 4.69) is 5.32 Å².